The summed E-state index contributed by atoms with van der Waals surface area (Å²) in [5, 5.41) is 41.3. The summed E-state index contributed by atoms with van der Waals surface area (Å²) in [4.78, 5) is 111. The molecule has 1 aromatic carbocycles. The summed E-state index contributed by atoms with van der Waals surface area (Å²) < 4.78 is 0. The van der Waals surface area contributed by atoms with E-state index in [0.29, 0.717) is 12.1 Å². The largest absolute Gasteiger partial charge is 0.391 e. The second kappa shape index (κ2) is 25.6. The molecule has 14 N–H and O–H groups in total. The molecule has 7 amide bonds. The number of aliphatic imine (C=N–C) groups is 1. The monoisotopic (exact) mass is 831 g/mol. The number of rotatable bonds is 16. The van der Waals surface area contributed by atoms with Crippen molar-refractivity contribution in [2.75, 3.05) is 26.2 Å². The average Bonchev–Trinajstić information content (AvgIpc) is 3.17. The maximum absolute atomic E-state index is 14.0. The Bertz CT molecular complexity index is 1620. The summed E-state index contributed by atoms with van der Waals surface area (Å²) in [7, 11) is 0. The number of aliphatic hydroxyl groups excluding tert-OH is 2. The first-order chi connectivity index (χ1) is 27.9. The first-order valence-corrected chi connectivity index (χ1v) is 19.7. The molecule has 0 bridgehead atoms. The van der Waals surface area contributed by atoms with Gasteiger partial charge in [-0.05, 0) is 71.4 Å². The first-order valence-electron chi connectivity index (χ1n) is 19.7. The molecule has 1 aromatic rings. The summed E-state index contributed by atoms with van der Waals surface area (Å²) in [6.07, 6.45) is -2.27. The highest BCUT2D eigenvalue weighted by Gasteiger charge is 2.34. The number of nitrogens with two attached hydrogens (primary N) is 2. The molecular formula is C38H61N11O10. The molecule has 8 atom stereocenters. The van der Waals surface area contributed by atoms with Crippen LogP contribution in [0, 0.1) is 0 Å². The molecule has 21 nitrogen and oxygen atoms in total. The van der Waals surface area contributed by atoms with Crippen LogP contribution in [0.1, 0.15) is 71.8 Å². The zero-order chi connectivity index (χ0) is 44.1. The molecule has 21 heteroatoms. The number of nitrogens with one attached hydrogen (secondary N) is 8. The quantitative estimate of drug-likeness (QED) is 0.0428. The number of benzene rings is 1. The SMILES string of the molecule is CCCNCC(=O)NC1CCCC(C(=O)NC(C(C)=O)C(C)O)NC(=O)C(C(C)O)NC(=O)CNC(=O)C(Cc2ccccc2)NC(=O)C(CCCN=C(N)N)NC1=O. The lowest BCUT2D eigenvalue weighted by Crippen LogP contribution is -2.60. The van der Waals surface area contributed by atoms with Crippen molar-refractivity contribution in [1.29, 1.82) is 0 Å². The average molecular weight is 832 g/mol. The second-order valence-corrected chi connectivity index (χ2v) is 14.4. The molecule has 0 aromatic heterocycles. The molecule has 0 spiro atoms. The molecule has 1 fully saturated rings. The van der Waals surface area contributed by atoms with E-state index < -0.39 is 102 Å². The number of nitrogens with zero attached hydrogens (tertiary/aromatic N) is 1. The van der Waals surface area contributed by atoms with Gasteiger partial charge in [-0.25, -0.2) is 0 Å². The summed E-state index contributed by atoms with van der Waals surface area (Å²) in [5.74, 6) is -6.46. The highest BCUT2D eigenvalue weighted by atomic mass is 16.3. The second-order valence-electron chi connectivity index (χ2n) is 14.4. The van der Waals surface area contributed by atoms with E-state index >= 15 is 0 Å². The number of hydrogen-bond donors (Lipinski definition) is 12. The van der Waals surface area contributed by atoms with Crippen LogP contribution in [0.25, 0.3) is 0 Å². The number of aliphatic hydroxyl groups is 2. The zero-order valence-electron chi connectivity index (χ0n) is 34.0. The molecule has 0 radical (unpaired) electrons. The Morgan fingerprint density at radius 2 is 1.58 bits per heavy atom. The molecule has 8 unspecified atom stereocenters. The number of hydrogen-bond acceptors (Lipinski definition) is 12. The standard InChI is InChI=1S/C38H61N11O10/c1-5-16-41-19-29(53)44-25-13-9-14-26(36(58)49-31(21(2)50)22(3)51)46-37(59)32(23(4)52)48-30(54)20-43-33(55)28(18-24-11-7-6-8-12-24)47-35(57)27(45-34(25)56)15-10-17-42-38(39)40/h6-8,11-12,21,23,25-28,31-32,41,50,52H,5,9-10,13-20H2,1-4H3,(H,43,55)(H,44,53)(H,45,56)(H,46,59)(H,47,57)(H,48,54)(H,49,58)(H4,39,40,42). The van der Waals surface area contributed by atoms with Gasteiger partial charge in [0.05, 0.1) is 25.3 Å². The van der Waals surface area contributed by atoms with Crippen LogP contribution in [0.4, 0.5) is 0 Å². The number of Topliss-reactive ketones (excluding diaryl/α,β-unsaturated/α-hetero) is 1. The Hall–Kier alpha value is -5.67. The van der Waals surface area contributed by atoms with Gasteiger partial charge in [0.25, 0.3) is 0 Å². The minimum absolute atomic E-state index is 0.00916. The van der Waals surface area contributed by atoms with Gasteiger partial charge in [0, 0.05) is 13.0 Å². The van der Waals surface area contributed by atoms with Gasteiger partial charge >= 0.3 is 0 Å². The van der Waals surface area contributed by atoms with Crippen LogP contribution in [0.15, 0.2) is 35.3 Å². The predicted octanol–water partition coefficient (Wildman–Crippen LogP) is -4.16. The van der Waals surface area contributed by atoms with Crippen molar-refractivity contribution in [3.05, 3.63) is 35.9 Å². The number of carbonyl (C=O) groups excluding carboxylic acids is 8. The van der Waals surface area contributed by atoms with Gasteiger partial charge in [-0.1, -0.05) is 37.3 Å². The maximum Gasteiger partial charge on any atom is 0.245 e. The number of ketones is 1. The van der Waals surface area contributed by atoms with Crippen molar-refractivity contribution in [3.8, 4) is 0 Å². The van der Waals surface area contributed by atoms with Gasteiger partial charge in [-0.2, -0.15) is 0 Å². The van der Waals surface area contributed by atoms with E-state index in [4.69, 9.17) is 11.5 Å². The number of guanidine groups is 1. The molecule has 1 heterocycles. The van der Waals surface area contributed by atoms with Crippen LogP contribution in [-0.4, -0.2) is 138 Å². The molecule has 2 rings (SSSR count). The predicted molar refractivity (Wildman–Crippen MR) is 216 cm³/mol. The molecule has 1 saturated heterocycles. The van der Waals surface area contributed by atoms with Gasteiger partial charge in [0.15, 0.2) is 11.7 Å². The third-order valence-electron chi connectivity index (χ3n) is 9.20. The summed E-state index contributed by atoms with van der Waals surface area (Å²) in [5.41, 5.74) is 11.6. The summed E-state index contributed by atoms with van der Waals surface area (Å²) in [6, 6.07) is 0.419. The molecule has 0 saturated carbocycles. The molecule has 59 heavy (non-hydrogen) atoms. The summed E-state index contributed by atoms with van der Waals surface area (Å²) >= 11 is 0. The van der Waals surface area contributed by atoms with Crippen LogP contribution in [0.2, 0.25) is 0 Å². The van der Waals surface area contributed by atoms with E-state index in [0.717, 1.165) is 13.3 Å². The highest BCUT2D eigenvalue weighted by Crippen LogP contribution is 2.11. The topological polar surface area (TPSA) is 338 Å². The van der Waals surface area contributed by atoms with Crippen molar-refractivity contribution in [2.24, 2.45) is 16.5 Å². The van der Waals surface area contributed by atoms with Crippen LogP contribution in [0.5, 0.6) is 0 Å². The Morgan fingerprint density at radius 1 is 0.898 bits per heavy atom. The van der Waals surface area contributed by atoms with Crippen molar-refractivity contribution in [3.63, 3.8) is 0 Å². The van der Waals surface area contributed by atoms with E-state index in [1.807, 2.05) is 6.92 Å². The first kappa shape index (κ1) is 49.5. The molecular weight excluding hydrogens is 770 g/mol. The van der Waals surface area contributed by atoms with Gasteiger partial charge in [-0.3, -0.25) is 43.3 Å². The molecule has 1 aliphatic heterocycles. The Morgan fingerprint density at radius 3 is 2.19 bits per heavy atom. The molecule has 328 valence electrons. The van der Waals surface area contributed by atoms with Crippen LogP contribution >= 0.6 is 0 Å². The minimum atomic E-state index is -1.63. The lowest BCUT2D eigenvalue weighted by atomic mass is 10.0. The van der Waals surface area contributed by atoms with Crippen molar-refractivity contribution < 1.29 is 48.6 Å². The van der Waals surface area contributed by atoms with Gasteiger partial charge in [-0.15, -0.1) is 0 Å². The smallest absolute Gasteiger partial charge is 0.245 e. The van der Waals surface area contributed by atoms with E-state index in [1.165, 1.54) is 13.8 Å². The van der Waals surface area contributed by atoms with E-state index in [2.05, 4.69) is 47.5 Å². The van der Waals surface area contributed by atoms with Crippen LogP contribution < -0.4 is 54.0 Å². The Balaban J connectivity index is 2.62. The number of amides is 7. The van der Waals surface area contributed by atoms with Gasteiger partial charge in [0.2, 0.25) is 41.4 Å². The lowest BCUT2D eigenvalue weighted by molar-refractivity contribution is -0.136. The lowest BCUT2D eigenvalue weighted by Gasteiger charge is -2.27. The van der Waals surface area contributed by atoms with Crippen molar-refractivity contribution in [1.82, 2.24) is 42.5 Å². The minimum Gasteiger partial charge on any atom is -0.391 e. The number of carbonyl (C=O) groups is 8. The fourth-order valence-corrected chi connectivity index (χ4v) is 6.06. The Kier molecular flexibility index (Phi) is 21.5. The van der Waals surface area contributed by atoms with Gasteiger partial charge in [0.1, 0.15) is 36.3 Å². The van der Waals surface area contributed by atoms with E-state index in [-0.39, 0.29) is 57.6 Å². The highest BCUT2D eigenvalue weighted by molar-refractivity contribution is 5.97. The molecule has 0 aliphatic carbocycles. The van der Waals surface area contributed by atoms with Crippen LogP contribution in [-0.2, 0) is 44.8 Å². The summed E-state index contributed by atoms with van der Waals surface area (Å²) in [6.45, 7) is 5.33. The van der Waals surface area contributed by atoms with Crippen molar-refractivity contribution in [2.45, 2.75) is 121 Å². The van der Waals surface area contributed by atoms with E-state index in [1.54, 1.807) is 30.3 Å². The normalized spacial score (nSPS) is 22.8. The third kappa shape index (κ3) is 18.2. The fourth-order valence-electron chi connectivity index (χ4n) is 6.06. The Labute approximate surface area is 343 Å². The van der Waals surface area contributed by atoms with E-state index in [9.17, 15) is 48.6 Å². The zero-order valence-corrected chi connectivity index (χ0v) is 34.0. The third-order valence-corrected chi connectivity index (χ3v) is 9.20. The van der Waals surface area contributed by atoms with Crippen molar-refractivity contribution >= 4 is 53.1 Å². The fraction of sp³-hybridized carbons (Fsp3) is 0.605. The maximum atomic E-state index is 14.0. The van der Waals surface area contributed by atoms with Gasteiger partial charge < -0.3 is 64.2 Å². The van der Waals surface area contributed by atoms with Crippen LogP contribution in [0.3, 0.4) is 0 Å². The molecule has 1 aliphatic rings.